The molecule has 2 amide bonds. The molecule has 1 N–H and O–H groups in total. The van der Waals surface area contributed by atoms with Crippen LogP contribution in [0.2, 0.25) is 0 Å². The van der Waals surface area contributed by atoms with Crippen molar-refractivity contribution in [2.24, 2.45) is 0 Å². The number of rotatable bonds is 10. The molecule has 0 saturated heterocycles. The van der Waals surface area contributed by atoms with E-state index in [1.54, 1.807) is 31.1 Å². The summed E-state index contributed by atoms with van der Waals surface area (Å²) < 4.78 is 18.4. The van der Waals surface area contributed by atoms with Gasteiger partial charge in [-0.25, -0.2) is 4.39 Å². The van der Waals surface area contributed by atoms with Crippen molar-refractivity contribution in [2.45, 2.75) is 45.7 Å². The maximum absolute atomic E-state index is 13.2. The third-order valence-electron chi connectivity index (χ3n) is 4.75. The fraction of sp³-hybridized carbons (Fsp3) is 0.391. The Kier molecular flexibility index (Phi) is 8.65. The van der Waals surface area contributed by atoms with E-state index < -0.39 is 6.04 Å². The molecule has 156 valence electrons. The predicted molar refractivity (Wildman–Crippen MR) is 111 cm³/mol. The van der Waals surface area contributed by atoms with E-state index in [1.165, 1.54) is 12.1 Å². The number of hydrogen-bond acceptors (Lipinski definition) is 3. The van der Waals surface area contributed by atoms with Crippen molar-refractivity contribution < 1.29 is 18.7 Å². The highest BCUT2D eigenvalue weighted by Crippen LogP contribution is 2.17. The molecule has 0 aliphatic carbocycles. The number of carbonyl (C=O) groups excluding carboxylic acids is 2. The van der Waals surface area contributed by atoms with Crippen molar-refractivity contribution in [2.75, 3.05) is 13.7 Å². The maximum Gasteiger partial charge on any atom is 0.242 e. The van der Waals surface area contributed by atoms with E-state index in [1.807, 2.05) is 24.3 Å². The highest BCUT2D eigenvalue weighted by Gasteiger charge is 2.26. The summed E-state index contributed by atoms with van der Waals surface area (Å²) in [6.07, 6.45) is 1.96. The molecule has 0 aliphatic heterocycles. The Labute approximate surface area is 171 Å². The molecule has 0 fully saturated rings. The van der Waals surface area contributed by atoms with Crippen LogP contribution in [0, 0.1) is 5.82 Å². The molecule has 0 bridgehead atoms. The molecular formula is C23H29FN2O3. The second kappa shape index (κ2) is 11.2. The van der Waals surface area contributed by atoms with Crippen LogP contribution in [0.3, 0.4) is 0 Å². The van der Waals surface area contributed by atoms with Gasteiger partial charge < -0.3 is 15.0 Å². The van der Waals surface area contributed by atoms with Crippen LogP contribution in [0.4, 0.5) is 4.39 Å². The van der Waals surface area contributed by atoms with Gasteiger partial charge in [0.05, 0.1) is 13.5 Å². The van der Waals surface area contributed by atoms with Crippen LogP contribution >= 0.6 is 0 Å². The van der Waals surface area contributed by atoms with Crippen LogP contribution in [-0.4, -0.2) is 36.4 Å². The highest BCUT2D eigenvalue weighted by molar-refractivity contribution is 5.88. The predicted octanol–water partition coefficient (Wildman–Crippen LogP) is 3.71. The van der Waals surface area contributed by atoms with Crippen LogP contribution in [0.25, 0.3) is 0 Å². The van der Waals surface area contributed by atoms with Crippen molar-refractivity contribution in [3.05, 3.63) is 65.5 Å². The summed E-state index contributed by atoms with van der Waals surface area (Å²) in [5.74, 6) is -0.0436. The Balaban J connectivity index is 2.19. The minimum absolute atomic E-state index is 0.0941. The smallest absolute Gasteiger partial charge is 0.242 e. The Morgan fingerprint density at radius 2 is 1.86 bits per heavy atom. The van der Waals surface area contributed by atoms with Gasteiger partial charge in [-0.1, -0.05) is 37.6 Å². The minimum Gasteiger partial charge on any atom is -0.497 e. The van der Waals surface area contributed by atoms with Gasteiger partial charge in [0, 0.05) is 13.1 Å². The lowest BCUT2D eigenvalue weighted by atomic mass is 10.1. The third kappa shape index (κ3) is 6.89. The number of nitrogens with zero attached hydrogens (tertiary/aromatic N) is 1. The Bertz CT molecular complexity index is 808. The largest absolute Gasteiger partial charge is 0.497 e. The SMILES string of the molecule is CCCCNC(=O)[C@H](C)N(Cc1cccc(OC)c1)C(=O)Cc1ccc(F)cc1. The third-order valence-corrected chi connectivity index (χ3v) is 4.75. The molecule has 2 aromatic rings. The van der Waals surface area contributed by atoms with Gasteiger partial charge in [-0.2, -0.15) is 0 Å². The molecule has 2 aromatic carbocycles. The van der Waals surface area contributed by atoms with Gasteiger partial charge in [0.15, 0.2) is 0 Å². The first kappa shape index (κ1) is 22.4. The van der Waals surface area contributed by atoms with E-state index in [2.05, 4.69) is 12.2 Å². The van der Waals surface area contributed by atoms with Gasteiger partial charge in [-0.05, 0) is 48.7 Å². The quantitative estimate of drug-likeness (QED) is 0.619. The van der Waals surface area contributed by atoms with Gasteiger partial charge in [0.1, 0.15) is 17.6 Å². The first-order chi connectivity index (χ1) is 13.9. The second-order valence-electron chi connectivity index (χ2n) is 7.00. The lowest BCUT2D eigenvalue weighted by Gasteiger charge is -2.29. The van der Waals surface area contributed by atoms with E-state index in [0.29, 0.717) is 17.9 Å². The molecule has 0 heterocycles. The summed E-state index contributed by atoms with van der Waals surface area (Å²) in [6, 6.07) is 12.6. The molecule has 2 rings (SSSR count). The second-order valence-corrected chi connectivity index (χ2v) is 7.00. The van der Waals surface area contributed by atoms with Gasteiger partial charge >= 0.3 is 0 Å². The van der Waals surface area contributed by atoms with Crippen molar-refractivity contribution in [1.82, 2.24) is 10.2 Å². The van der Waals surface area contributed by atoms with E-state index in [9.17, 15) is 14.0 Å². The molecule has 1 atom stereocenters. The molecule has 0 spiro atoms. The number of benzene rings is 2. The summed E-state index contributed by atoms with van der Waals surface area (Å²) in [5.41, 5.74) is 1.57. The average Bonchev–Trinajstić information content (AvgIpc) is 2.73. The number of amides is 2. The molecular weight excluding hydrogens is 371 g/mol. The Morgan fingerprint density at radius 3 is 2.52 bits per heavy atom. The van der Waals surface area contributed by atoms with Crippen molar-refractivity contribution in [3.8, 4) is 5.75 Å². The molecule has 5 nitrogen and oxygen atoms in total. The Morgan fingerprint density at radius 1 is 1.14 bits per heavy atom. The van der Waals surface area contributed by atoms with Crippen molar-refractivity contribution in [3.63, 3.8) is 0 Å². The molecule has 0 saturated carbocycles. The van der Waals surface area contributed by atoms with Gasteiger partial charge in [0.25, 0.3) is 0 Å². The van der Waals surface area contributed by atoms with Crippen LogP contribution in [0.5, 0.6) is 5.75 Å². The van der Waals surface area contributed by atoms with Gasteiger partial charge in [-0.15, -0.1) is 0 Å². The van der Waals surface area contributed by atoms with Crippen molar-refractivity contribution >= 4 is 11.8 Å². The molecule has 0 radical (unpaired) electrons. The van der Waals surface area contributed by atoms with E-state index in [4.69, 9.17) is 4.74 Å². The minimum atomic E-state index is -0.633. The summed E-state index contributed by atoms with van der Waals surface area (Å²) in [5, 5.41) is 2.89. The maximum atomic E-state index is 13.2. The van der Waals surface area contributed by atoms with Gasteiger partial charge in [0.2, 0.25) is 11.8 Å². The lowest BCUT2D eigenvalue weighted by Crippen LogP contribution is -2.48. The molecule has 29 heavy (non-hydrogen) atoms. The summed E-state index contributed by atoms with van der Waals surface area (Å²) in [6.45, 7) is 4.64. The number of methoxy groups -OCH3 is 1. The van der Waals surface area contributed by atoms with Crippen LogP contribution < -0.4 is 10.1 Å². The fourth-order valence-electron chi connectivity index (χ4n) is 2.96. The van der Waals surface area contributed by atoms with Crippen LogP contribution in [0.15, 0.2) is 48.5 Å². The monoisotopic (exact) mass is 400 g/mol. The topological polar surface area (TPSA) is 58.6 Å². The summed E-state index contributed by atoms with van der Waals surface area (Å²) in [7, 11) is 1.58. The Hall–Kier alpha value is -2.89. The molecule has 0 aliphatic rings. The summed E-state index contributed by atoms with van der Waals surface area (Å²) in [4.78, 5) is 27.2. The zero-order chi connectivity index (χ0) is 21.2. The number of nitrogens with one attached hydrogen (secondary N) is 1. The standard InChI is InChI=1S/C23H29FN2O3/c1-4-5-13-25-23(28)17(2)26(16-19-7-6-8-21(14-19)29-3)22(27)15-18-9-11-20(24)12-10-18/h6-12,14,17H,4-5,13,15-16H2,1-3H3,(H,25,28)/t17-/m0/s1. The lowest BCUT2D eigenvalue weighted by molar-refractivity contribution is -0.140. The van der Waals surface area contributed by atoms with Crippen molar-refractivity contribution in [1.29, 1.82) is 0 Å². The van der Waals surface area contributed by atoms with Crippen LogP contribution in [-0.2, 0) is 22.6 Å². The first-order valence-corrected chi connectivity index (χ1v) is 9.89. The average molecular weight is 400 g/mol. The van der Waals surface area contributed by atoms with Gasteiger partial charge in [-0.3, -0.25) is 9.59 Å². The highest BCUT2D eigenvalue weighted by atomic mass is 19.1. The molecule has 0 aromatic heterocycles. The zero-order valence-corrected chi connectivity index (χ0v) is 17.3. The zero-order valence-electron chi connectivity index (χ0n) is 17.3. The number of halogens is 1. The molecule has 6 heteroatoms. The number of hydrogen-bond donors (Lipinski definition) is 1. The molecule has 0 unspecified atom stereocenters. The number of ether oxygens (including phenoxy) is 1. The normalized spacial score (nSPS) is 11.6. The number of carbonyl (C=O) groups is 2. The van der Waals surface area contributed by atoms with E-state index in [-0.39, 0.29) is 30.6 Å². The first-order valence-electron chi connectivity index (χ1n) is 9.89. The summed E-state index contributed by atoms with van der Waals surface area (Å²) >= 11 is 0. The van der Waals surface area contributed by atoms with Crippen LogP contribution in [0.1, 0.15) is 37.8 Å². The fourth-order valence-corrected chi connectivity index (χ4v) is 2.96. The van der Waals surface area contributed by atoms with E-state index >= 15 is 0 Å². The van der Waals surface area contributed by atoms with E-state index in [0.717, 1.165) is 18.4 Å². The number of unbranched alkanes of at least 4 members (excludes halogenated alkanes) is 1.